The van der Waals surface area contributed by atoms with E-state index in [1.54, 1.807) is 26.1 Å². The van der Waals surface area contributed by atoms with E-state index in [1.165, 1.54) is 5.56 Å². The zero-order chi connectivity index (χ0) is 18.7. The number of nitrogens with zero attached hydrogens (tertiary/aromatic N) is 2. The molecule has 1 aromatic heterocycles. The van der Waals surface area contributed by atoms with Crippen LogP contribution in [0.2, 0.25) is 0 Å². The van der Waals surface area contributed by atoms with Crippen LogP contribution in [0.3, 0.4) is 0 Å². The highest BCUT2D eigenvalue weighted by molar-refractivity contribution is 5.86. The molecule has 0 saturated heterocycles. The summed E-state index contributed by atoms with van der Waals surface area (Å²) < 4.78 is 5.22. The first-order chi connectivity index (χ1) is 12.5. The lowest BCUT2D eigenvalue weighted by atomic mass is 10.0. The van der Waals surface area contributed by atoms with Gasteiger partial charge in [0.05, 0.1) is 18.3 Å². The molecule has 1 heterocycles. The topological polar surface area (TPSA) is 42.4 Å². The second-order valence-electron chi connectivity index (χ2n) is 6.69. The Labute approximate surface area is 154 Å². The maximum absolute atomic E-state index is 11.8. The molecule has 26 heavy (non-hydrogen) atoms. The number of carbonyl (C=O) groups excluding carboxylic acids is 1. The molecule has 4 heteroatoms. The van der Waals surface area contributed by atoms with Crippen LogP contribution in [-0.2, 0) is 11.2 Å². The van der Waals surface area contributed by atoms with Crippen molar-refractivity contribution in [2.24, 2.45) is 0 Å². The first kappa shape index (κ1) is 17.9. The van der Waals surface area contributed by atoms with Gasteiger partial charge in [-0.2, -0.15) is 0 Å². The van der Waals surface area contributed by atoms with E-state index in [-0.39, 0.29) is 5.91 Å². The van der Waals surface area contributed by atoms with E-state index in [1.807, 2.05) is 30.3 Å². The van der Waals surface area contributed by atoms with Gasteiger partial charge in [-0.3, -0.25) is 4.79 Å². The van der Waals surface area contributed by atoms with Crippen molar-refractivity contribution in [3.8, 4) is 17.0 Å². The maximum atomic E-state index is 11.8. The average molecular weight is 348 g/mol. The van der Waals surface area contributed by atoms with Crippen molar-refractivity contribution in [2.45, 2.75) is 19.8 Å². The van der Waals surface area contributed by atoms with Crippen molar-refractivity contribution in [2.75, 3.05) is 21.2 Å². The van der Waals surface area contributed by atoms with Crippen LogP contribution in [0.5, 0.6) is 5.75 Å². The summed E-state index contributed by atoms with van der Waals surface area (Å²) in [6, 6.07) is 16.3. The van der Waals surface area contributed by atoms with E-state index in [9.17, 15) is 4.79 Å². The third kappa shape index (κ3) is 3.85. The number of carbonyl (C=O) groups is 1. The Hall–Kier alpha value is -2.88. The van der Waals surface area contributed by atoms with E-state index in [4.69, 9.17) is 9.72 Å². The summed E-state index contributed by atoms with van der Waals surface area (Å²) in [5.41, 5.74) is 5.33. The number of benzene rings is 2. The predicted molar refractivity (Wildman–Crippen MR) is 105 cm³/mol. The van der Waals surface area contributed by atoms with Gasteiger partial charge in [0.25, 0.3) is 0 Å². The Balaban J connectivity index is 1.89. The largest absolute Gasteiger partial charge is 0.497 e. The van der Waals surface area contributed by atoms with Crippen molar-refractivity contribution >= 4 is 16.8 Å². The number of pyridine rings is 1. The lowest BCUT2D eigenvalue weighted by Crippen LogP contribution is -2.21. The molecule has 0 atom stereocenters. The van der Waals surface area contributed by atoms with Gasteiger partial charge >= 0.3 is 0 Å². The molecule has 0 fully saturated rings. The normalized spacial score (nSPS) is 10.8. The van der Waals surface area contributed by atoms with Crippen molar-refractivity contribution in [1.29, 1.82) is 0 Å². The van der Waals surface area contributed by atoms with Gasteiger partial charge in [-0.05, 0) is 66.9 Å². The van der Waals surface area contributed by atoms with Crippen molar-refractivity contribution in [1.82, 2.24) is 9.88 Å². The average Bonchev–Trinajstić information content (AvgIpc) is 2.66. The molecule has 0 saturated carbocycles. The van der Waals surface area contributed by atoms with Crippen LogP contribution in [-0.4, -0.2) is 37.0 Å². The molecular weight excluding hydrogens is 324 g/mol. The predicted octanol–water partition coefficient (Wildman–Crippen LogP) is 4.24. The SMILES string of the molecule is COc1ccc(-c2cc(C)c3cc(CCC(=O)N(C)C)ccc3n2)cc1. The van der Waals surface area contributed by atoms with Gasteiger partial charge < -0.3 is 9.64 Å². The summed E-state index contributed by atoms with van der Waals surface area (Å²) in [4.78, 5) is 18.2. The number of rotatable bonds is 5. The molecule has 0 bridgehead atoms. The molecule has 1 amide bonds. The molecule has 0 unspecified atom stereocenters. The molecule has 0 spiro atoms. The highest BCUT2D eigenvalue weighted by Crippen LogP contribution is 2.26. The first-order valence-electron chi connectivity index (χ1n) is 8.73. The van der Waals surface area contributed by atoms with Gasteiger partial charge in [0.1, 0.15) is 5.75 Å². The second kappa shape index (κ2) is 7.56. The minimum absolute atomic E-state index is 0.148. The van der Waals surface area contributed by atoms with E-state index in [0.717, 1.165) is 39.9 Å². The zero-order valence-electron chi connectivity index (χ0n) is 15.7. The highest BCUT2D eigenvalue weighted by atomic mass is 16.5. The van der Waals surface area contributed by atoms with Crippen molar-refractivity contribution < 1.29 is 9.53 Å². The van der Waals surface area contributed by atoms with Crippen LogP contribution < -0.4 is 4.74 Å². The summed E-state index contributed by atoms with van der Waals surface area (Å²) >= 11 is 0. The lowest BCUT2D eigenvalue weighted by molar-refractivity contribution is -0.128. The molecule has 3 aromatic rings. The number of hydrogen-bond acceptors (Lipinski definition) is 3. The summed E-state index contributed by atoms with van der Waals surface area (Å²) in [6.45, 7) is 2.10. The van der Waals surface area contributed by atoms with E-state index < -0.39 is 0 Å². The quantitative estimate of drug-likeness (QED) is 0.692. The third-order valence-electron chi connectivity index (χ3n) is 4.59. The third-order valence-corrected chi connectivity index (χ3v) is 4.59. The minimum Gasteiger partial charge on any atom is -0.497 e. The molecule has 0 aliphatic heterocycles. The van der Waals surface area contributed by atoms with E-state index in [2.05, 4.69) is 25.1 Å². The van der Waals surface area contributed by atoms with Gasteiger partial charge in [0.15, 0.2) is 0 Å². The molecular formula is C22H24N2O2. The minimum atomic E-state index is 0.148. The molecule has 0 aliphatic carbocycles. The number of hydrogen-bond donors (Lipinski definition) is 0. The molecule has 4 nitrogen and oxygen atoms in total. The van der Waals surface area contributed by atoms with Crippen LogP contribution in [0.4, 0.5) is 0 Å². The van der Waals surface area contributed by atoms with Crippen molar-refractivity contribution in [3.63, 3.8) is 0 Å². The zero-order valence-corrected chi connectivity index (χ0v) is 15.7. The number of fused-ring (bicyclic) bond motifs is 1. The number of ether oxygens (including phenoxy) is 1. The second-order valence-corrected chi connectivity index (χ2v) is 6.69. The number of methoxy groups -OCH3 is 1. The van der Waals surface area contributed by atoms with Gasteiger partial charge in [-0.15, -0.1) is 0 Å². The lowest BCUT2D eigenvalue weighted by Gasteiger charge is -2.11. The number of amides is 1. The van der Waals surface area contributed by atoms with Gasteiger partial charge in [-0.25, -0.2) is 4.98 Å². The van der Waals surface area contributed by atoms with Crippen LogP contribution in [0, 0.1) is 6.92 Å². The first-order valence-corrected chi connectivity index (χ1v) is 8.73. The highest BCUT2D eigenvalue weighted by Gasteiger charge is 2.08. The summed E-state index contributed by atoms with van der Waals surface area (Å²) in [6.07, 6.45) is 1.27. The van der Waals surface area contributed by atoms with E-state index in [0.29, 0.717) is 6.42 Å². The van der Waals surface area contributed by atoms with Crippen LogP contribution in [0.15, 0.2) is 48.5 Å². The van der Waals surface area contributed by atoms with Crippen LogP contribution in [0.25, 0.3) is 22.2 Å². The maximum Gasteiger partial charge on any atom is 0.222 e. The molecule has 0 N–H and O–H groups in total. The Morgan fingerprint density at radius 1 is 1.08 bits per heavy atom. The van der Waals surface area contributed by atoms with Crippen LogP contribution >= 0.6 is 0 Å². The molecule has 3 rings (SSSR count). The van der Waals surface area contributed by atoms with Gasteiger partial charge in [-0.1, -0.05) is 6.07 Å². The summed E-state index contributed by atoms with van der Waals surface area (Å²) in [5.74, 6) is 0.984. The Morgan fingerprint density at radius 3 is 2.46 bits per heavy atom. The van der Waals surface area contributed by atoms with E-state index >= 15 is 0 Å². The van der Waals surface area contributed by atoms with Gasteiger partial charge in [0, 0.05) is 31.5 Å². The van der Waals surface area contributed by atoms with Crippen LogP contribution in [0.1, 0.15) is 17.5 Å². The summed E-state index contributed by atoms with van der Waals surface area (Å²) in [5, 5.41) is 1.14. The Kier molecular flexibility index (Phi) is 5.21. The van der Waals surface area contributed by atoms with Crippen molar-refractivity contribution in [3.05, 3.63) is 59.7 Å². The number of aryl methyl sites for hydroxylation is 2. The fourth-order valence-electron chi connectivity index (χ4n) is 2.98. The standard InChI is InChI=1S/C22H24N2O2/c1-15-13-21(17-7-9-18(26-4)10-8-17)23-20-11-5-16(14-19(15)20)6-12-22(25)24(2)3/h5,7-11,13-14H,6,12H2,1-4H3. The fraction of sp³-hybridized carbons (Fsp3) is 0.273. The Bertz CT molecular complexity index is 931. The molecule has 0 radical (unpaired) electrons. The fourth-order valence-corrected chi connectivity index (χ4v) is 2.98. The van der Waals surface area contributed by atoms with Gasteiger partial charge in [0.2, 0.25) is 5.91 Å². The monoisotopic (exact) mass is 348 g/mol. The smallest absolute Gasteiger partial charge is 0.222 e. The molecule has 0 aliphatic rings. The molecule has 2 aromatic carbocycles. The molecule has 134 valence electrons. The Morgan fingerprint density at radius 2 is 1.81 bits per heavy atom. The summed E-state index contributed by atoms with van der Waals surface area (Å²) in [7, 11) is 5.24. The number of aromatic nitrogens is 1.